The van der Waals surface area contributed by atoms with E-state index in [2.05, 4.69) is 23.7 Å². The molecule has 1 saturated heterocycles. The summed E-state index contributed by atoms with van der Waals surface area (Å²) < 4.78 is 1.71. The van der Waals surface area contributed by atoms with Crippen LogP contribution in [0, 0.1) is 0 Å². The number of hydrogen-bond acceptors (Lipinski definition) is 4. The van der Waals surface area contributed by atoms with E-state index in [1.807, 2.05) is 43.4 Å². The molecule has 0 bridgehead atoms. The van der Waals surface area contributed by atoms with Crippen molar-refractivity contribution in [1.82, 2.24) is 19.4 Å². The number of aromatic nitrogens is 3. The lowest BCUT2D eigenvalue weighted by molar-refractivity contribution is 0.104. The van der Waals surface area contributed by atoms with Crippen molar-refractivity contribution in [3.05, 3.63) is 58.8 Å². The van der Waals surface area contributed by atoms with Gasteiger partial charge in [0.1, 0.15) is 5.82 Å². The predicted octanol–water partition coefficient (Wildman–Crippen LogP) is 2.80. The van der Waals surface area contributed by atoms with Crippen molar-refractivity contribution in [1.29, 1.82) is 0 Å². The quantitative estimate of drug-likeness (QED) is 0.739. The normalized spacial score (nSPS) is 15.7. The molecular weight excluding hydrogens is 312 g/mol. The molecule has 0 N–H and O–H groups in total. The molecule has 5 nitrogen and oxygen atoms in total. The lowest BCUT2D eigenvalue weighted by Gasteiger charge is -2.42. The molecule has 25 heavy (non-hydrogen) atoms. The zero-order chi connectivity index (χ0) is 17.6. The van der Waals surface area contributed by atoms with Gasteiger partial charge in [0, 0.05) is 43.9 Å². The fraction of sp³-hybridized carbons (Fsp3) is 0.350. The molecule has 1 fully saturated rings. The molecule has 3 aromatic rings. The van der Waals surface area contributed by atoms with Gasteiger partial charge in [-0.05, 0) is 38.1 Å². The van der Waals surface area contributed by atoms with E-state index in [-0.39, 0.29) is 5.56 Å². The van der Waals surface area contributed by atoms with Gasteiger partial charge in [-0.2, -0.15) is 0 Å². The van der Waals surface area contributed by atoms with Crippen molar-refractivity contribution in [2.75, 3.05) is 13.1 Å². The molecule has 0 amide bonds. The molecule has 0 atom stereocenters. The lowest BCUT2D eigenvalue weighted by Crippen LogP contribution is -2.50. The number of rotatable bonds is 3. The van der Waals surface area contributed by atoms with Crippen LogP contribution in [0.3, 0.4) is 0 Å². The summed E-state index contributed by atoms with van der Waals surface area (Å²) in [5, 5.41) is 0.658. The van der Waals surface area contributed by atoms with Crippen molar-refractivity contribution < 1.29 is 0 Å². The maximum Gasteiger partial charge on any atom is 0.261 e. The summed E-state index contributed by atoms with van der Waals surface area (Å²) in [5.74, 6) is 1.20. The topological polar surface area (TPSA) is 51.0 Å². The van der Waals surface area contributed by atoms with E-state index in [1.165, 1.54) is 0 Å². The molecular formula is C20H22N4O. The number of benzene rings is 1. The Bertz CT molecular complexity index is 972. The van der Waals surface area contributed by atoms with Crippen molar-refractivity contribution in [3.63, 3.8) is 0 Å². The first-order valence-corrected chi connectivity index (χ1v) is 8.70. The molecule has 128 valence electrons. The Labute approximate surface area is 147 Å². The minimum Gasteiger partial charge on any atom is -0.299 e. The SMILES string of the molecule is CC(C)N1CC(c2nc3cc(-c4ccccn4)ccc3c(=O)n2C)C1. The van der Waals surface area contributed by atoms with Crippen molar-refractivity contribution >= 4 is 10.9 Å². The van der Waals surface area contributed by atoms with E-state index in [1.54, 1.807) is 10.8 Å². The van der Waals surface area contributed by atoms with Gasteiger partial charge in [-0.1, -0.05) is 12.1 Å². The van der Waals surface area contributed by atoms with Gasteiger partial charge in [0.2, 0.25) is 0 Å². The average molecular weight is 334 g/mol. The smallest absolute Gasteiger partial charge is 0.261 e. The second kappa shape index (κ2) is 6.08. The van der Waals surface area contributed by atoms with Gasteiger partial charge in [-0.25, -0.2) is 4.98 Å². The summed E-state index contributed by atoms with van der Waals surface area (Å²) in [5.41, 5.74) is 2.65. The van der Waals surface area contributed by atoms with Crippen LogP contribution in [0.25, 0.3) is 22.2 Å². The minimum atomic E-state index is 0.0237. The average Bonchev–Trinajstić information content (AvgIpc) is 2.58. The fourth-order valence-corrected chi connectivity index (χ4v) is 3.44. The van der Waals surface area contributed by atoms with E-state index >= 15 is 0 Å². The van der Waals surface area contributed by atoms with Crippen LogP contribution in [0.2, 0.25) is 0 Å². The fourth-order valence-electron chi connectivity index (χ4n) is 3.44. The highest BCUT2D eigenvalue weighted by Gasteiger charge is 2.32. The third-order valence-electron chi connectivity index (χ3n) is 5.08. The summed E-state index contributed by atoms with van der Waals surface area (Å²) >= 11 is 0. The molecule has 2 aromatic heterocycles. The monoisotopic (exact) mass is 334 g/mol. The molecule has 1 aliphatic heterocycles. The predicted molar refractivity (Wildman–Crippen MR) is 99.7 cm³/mol. The number of fused-ring (bicyclic) bond motifs is 1. The number of nitrogens with zero attached hydrogens (tertiary/aromatic N) is 4. The maximum absolute atomic E-state index is 12.8. The molecule has 5 heteroatoms. The lowest BCUT2D eigenvalue weighted by atomic mass is 9.96. The summed E-state index contributed by atoms with van der Waals surface area (Å²) in [6.45, 7) is 6.32. The van der Waals surface area contributed by atoms with Gasteiger partial charge in [-0.15, -0.1) is 0 Å². The van der Waals surface area contributed by atoms with E-state index < -0.39 is 0 Å². The first kappa shape index (κ1) is 16.0. The van der Waals surface area contributed by atoms with Crippen LogP contribution in [0.1, 0.15) is 25.6 Å². The zero-order valence-electron chi connectivity index (χ0n) is 14.8. The Balaban J connectivity index is 1.78. The van der Waals surface area contributed by atoms with Crippen molar-refractivity contribution in [2.45, 2.75) is 25.8 Å². The van der Waals surface area contributed by atoms with E-state index in [4.69, 9.17) is 4.98 Å². The molecule has 0 saturated carbocycles. The Hall–Kier alpha value is -2.53. The standard InChI is InChI=1S/C20H22N4O/c1-13(2)24-11-15(12-24)19-22-18-10-14(17-6-4-5-9-21-17)7-8-16(18)20(25)23(19)3/h4-10,13,15H,11-12H2,1-3H3. The first-order chi connectivity index (χ1) is 12.0. The molecule has 0 spiro atoms. The summed E-state index contributed by atoms with van der Waals surface area (Å²) in [7, 11) is 1.83. The Morgan fingerprint density at radius 2 is 1.96 bits per heavy atom. The van der Waals surface area contributed by atoms with E-state index in [0.29, 0.717) is 17.3 Å². The molecule has 0 unspecified atom stereocenters. The largest absolute Gasteiger partial charge is 0.299 e. The summed E-state index contributed by atoms with van der Waals surface area (Å²) in [6, 6.07) is 12.1. The minimum absolute atomic E-state index is 0.0237. The molecule has 3 heterocycles. The van der Waals surface area contributed by atoms with Gasteiger partial charge >= 0.3 is 0 Å². The molecule has 1 aliphatic rings. The summed E-state index contributed by atoms with van der Waals surface area (Å²) in [4.78, 5) is 24.4. The Morgan fingerprint density at radius 3 is 2.64 bits per heavy atom. The van der Waals surface area contributed by atoms with E-state index in [0.717, 1.165) is 35.7 Å². The van der Waals surface area contributed by atoms with Gasteiger partial charge in [0.25, 0.3) is 5.56 Å². The van der Waals surface area contributed by atoms with Crippen LogP contribution in [0.4, 0.5) is 0 Å². The van der Waals surface area contributed by atoms with Crippen LogP contribution in [0.5, 0.6) is 0 Å². The molecule has 0 aliphatic carbocycles. The van der Waals surface area contributed by atoms with Gasteiger partial charge in [0.05, 0.1) is 16.6 Å². The third kappa shape index (κ3) is 2.74. The van der Waals surface area contributed by atoms with Crippen LogP contribution in [-0.2, 0) is 7.05 Å². The molecule has 0 radical (unpaired) electrons. The van der Waals surface area contributed by atoms with Crippen LogP contribution >= 0.6 is 0 Å². The highest BCUT2D eigenvalue weighted by atomic mass is 16.1. The Morgan fingerprint density at radius 1 is 1.16 bits per heavy atom. The number of likely N-dealkylation sites (tertiary alicyclic amines) is 1. The van der Waals surface area contributed by atoms with Gasteiger partial charge < -0.3 is 0 Å². The molecule has 1 aromatic carbocycles. The van der Waals surface area contributed by atoms with Crippen molar-refractivity contribution in [2.24, 2.45) is 7.05 Å². The highest BCUT2D eigenvalue weighted by Crippen LogP contribution is 2.28. The third-order valence-corrected chi connectivity index (χ3v) is 5.08. The van der Waals surface area contributed by atoms with E-state index in [9.17, 15) is 4.79 Å². The number of hydrogen-bond donors (Lipinski definition) is 0. The van der Waals surface area contributed by atoms with Gasteiger partial charge in [0.15, 0.2) is 0 Å². The first-order valence-electron chi connectivity index (χ1n) is 8.70. The maximum atomic E-state index is 12.8. The number of pyridine rings is 1. The second-order valence-corrected chi connectivity index (χ2v) is 7.03. The van der Waals surface area contributed by atoms with Crippen LogP contribution < -0.4 is 5.56 Å². The summed E-state index contributed by atoms with van der Waals surface area (Å²) in [6.07, 6.45) is 1.78. The van der Waals surface area contributed by atoms with Crippen LogP contribution in [-0.4, -0.2) is 38.6 Å². The highest BCUT2D eigenvalue weighted by molar-refractivity contribution is 5.83. The molecule has 4 rings (SSSR count). The van der Waals surface area contributed by atoms with Crippen molar-refractivity contribution in [3.8, 4) is 11.3 Å². The zero-order valence-corrected chi connectivity index (χ0v) is 14.8. The van der Waals surface area contributed by atoms with Crippen LogP contribution in [0.15, 0.2) is 47.4 Å². The Kier molecular flexibility index (Phi) is 3.88. The second-order valence-electron chi connectivity index (χ2n) is 7.03. The van der Waals surface area contributed by atoms with Gasteiger partial charge in [-0.3, -0.25) is 19.2 Å².